The zero-order chi connectivity index (χ0) is 18.7. The van der Waals surface area contributed by atoms with Gasteiger partial charge in [-0.05, 0) is 52.4 Å². The number of carbonyl (C=O) groups excluding carboxylic acids is 2. The van der Waals surface area contributed by atoms with Gasteiger partial charge in [0, 0.05) is 26.1 Å². The molecule has 7 nitrogen and oxygen atoms in total. The summed E-state index contributed by atoms with van der Waals surface area (Å²) in [6.45, 7) is 7.73. The van der Waals surface area contributed by atoms with Gasteiger partial charge in [0.15, 0.2) is 0 Å². The fourth-order valence-corrected chi connectivity index (χ4v) is 2.74. The third-order valence-electron chi connectivity index (χ3n) is 4.06. The number of methoxy groups -OCH3 is 1. The molecule has 0 heterocycles. The Bertz CT molecular complexity index is 401. The normalized spacial score (nSPS) is 20.8. The standard InChI is InChI=1S/C18H34N2O5/c1-18(2,3)25-17(22)20-15-7-5-14(6-8-15)13-19-16(21)9-10-24-12-11-23-4/h14-15H,5-13H2,1-4H3,(H,19,21)(H,20,22). The minimum absolute atomic E-state index is 0.0198. The van der Waals surface area contributed by atoms with E-state index >= 15 is 0 Å². The highest BCUT2D eigenvalue weighted by Gasteiger charge is 2.24. The van der Waals surface area contributed by atoms with Gasteiger partial charge in [-0.15, -0.1) is 0 Å². The van der Waals surface area contributed by atoms with Gasteiger partial charge >= 0.3 is 6.09 Å². The zero-order valence-electron chi connectivity index (χ0n) is 16.1. The molecule has 0 saturated heterocycles. The van der Waals surface area contributed by atoms with Gasteiger partial charge in [-0.1, -0.05) is 0 Å². The summed E-state index contributed by atoms with van der Waals surface area (Å²) in [5, 5.41) is 5.90. The van der Waals surface area contributed by atoms with Crippen LogP contribution in [0.1, 0.15) is 52.9 Å². The summed E-state index contributed by atoms with van der Waals surface area (Å²) in [7, 11) is 1.62. The molecular formula is C18H34N2O5. The van der Waals surface area contributed by atoms with Crippen LogP contribution in [0.3, 0.4) is 0 Å². The molecule has 0 unspecified atom stereocenters. The number of amides is 2. The minimum atomic E-state index is -0.473. The zero-order valence-corrected chi connectivity index (χ0v) is 16.1. The summed E-state index contributed by atoms with van der Waals surface area (Å²) in [5.74, 6) is 0.487. The Morgan fingerprint density at radius 1 is 1.04 bits per heavy atom. The van der Waals surface area contributed by atoms with Crippen LogP contribution in [0.4, 0.5) is 4.79 Å². The molecule has 2 N–H and O–H groups in total. The molecule has 1 saturated carbocycles. The van der Waals surface area contributed by atoms with Crippen molar-refractivity contribution in [2.45, 2.75) is 64.5 Å². The molecule has 1 aliphatic carbocycles. The topological polar surface area (TPSA) is 85.9 Å². The molecule has 0 spiro atoms. The highest BCUT2D eigenvalue weighted by Crippen LogP contribution is 2.24. The average molecular weight is 358 g/mol. The first kappa shape index (κ1) is 21.7. The third-order valence-corrected chi connectivity index (χ3v) is 4.06. The van der Waals surface area contributed by atoms with Crippen LogP contribution in [0.15, 0.2) is 0 Å². The molecule has 25 heavy (non-hydrogen) atoms. The summed E-state index contributed by atoms with van der Waals surface area (Å²) in [6.07, 6.45) is 3.84. The largest absolute Gasteiger partial charge is 0.444 e. The summed E-state index contributed by atoms with van der Waals surface area (Å²) in [4.78, 5) is 23.5. The molecule has 2 amide bonds. The van der Waals surface area contributed by atoms with Gasteiger partial charge in [0.05, 0.1) is 19.8 Å². The lowest BCUT2D eigenvalue weighted by molar-refractivity contribution is -0.122. The number of nitrogens with one attached hydrogen (secondary N) is 2. The lowest BCUT2D eigenvalue weighted by Gasteiger charge is -2.30. The first-order valence-corrected chi connectivity index (χ1v) is 9.13. The molecule has 0 aromatic rings. The smallest absolute Gasteiger partial charge is 0.407 e. The molecule has 7 heteroatoms. The minimum Gasteiger partial charge on any atom is -0.444 e. The molecule has 0 aromatic carbocycles. The highest BCUT2D eigenvalue weighted by molar-refractivity contribution is 5.75. The van der Waals surface area contributed by atoms with Gasteiger partial charge in [0.2, 0.25) is 5.91 Å². The summed E-state index contributed by atoms with van der Waals surface area (Å²) in [6, 6.07) is 0.163. The van der Waals surface area contributed by atoms with Crippen LogP contribution in [0.2, 0.25) is 0 Å². The van der Waals surface area contributed by atoms with Crippen molar-refractivity contribution in [1.29, 1.82) is 0 Å². The first-order valence-electron chi connectivity index (χ1n) is 9.13. The molecule has 1 aliphatic rings. The van der Waals surface area contributed by atoms with E-state index < -0.39 is 5.60 Å². The van der Waals surface area contributed by atoms with E-state index in [0.29, 0.717) is 38.7 Å². The van der Waals surface area contributed by atoms with Crippen molar-refractivity contribution in [2.75, 3.05) is 33.5 Å². The average Bonchev–Trinajstić information content (AvgIpc) is 2.52. The Hall–Kier alpha value is -1.34. The van der Waals surface area contributed by atoms with Crippen LogP contribution in [0.5, 0.6) is 0 Å². The van der Waals surface area contributed by atoms with E-state index in [9.17, 15) is 9.59 Å². The van der Waals surface area contributed by atoms with Crippen molar-refractivity contribution in [3.63, 3.8) is 0 Å². The van der Waals surface area contributed by atoms with Crippen LogP contribution in [-0.4, -0.2) is 57.1 Å². The van der Waals surface area contributed by atoms with E-state index in [1.54, 1.807) is 7.11 Å². The fraction of sp³-hybridized carbons (Fsp3) is 0.889. The first-order chi connectivity index (χ1) is 11.8. The van der Waals surface area contributed by atoms with Gasteiger partial charge in [0.1, 0.15) is 5.60 Å². The molecule has 1 rings (SSSR count). The quantitative estimate of drug-likeness (QED) is 0.617. The monoisotopic (exact) mass is 358 g/mol. The molecule has 146 valence electrons. The molecule has 0 radical (unpaired) electrons. The van der Waals surface area contributed by atoms with Crippen LogP contribution in [-0.2, 0) is 19.0 Å². The fourth-order valence-electron chi connectivity index (χ4n) is 2.74. The number of alkyl carbamates (subject to hydrolysis) is 1. The van der Waals surface area contributed by atoms with Gasteiger partial charge in [-0.25, -0.2) is 4.79 Å². The Kier molecular flexibility index (Phi) is 9.82. The van der Waals surface area contributed by atoms with Crippen molar-refractivity contribution in [3.8, 4) is 0 Å². The Labute approximate surface area is 151 Å². The van der Waals surface area contributed by atoms with Crippen LogP contribution >= 0.6 is 0 Å². The van der Waals surface area contributed by atoms with Crippen LogP contribution in [0.25, 0.3) is 0 Å². The number of carbonyl (C=O) groups is 2. The Balaban J connectivity index is 2.10. The van der Waals surface area contributed by atoms with Crippen molar-refractivity contribution in [3.05, 3.63) is 0 Å². The summed E-state index contributed by atoms with van der Waals surface area (Å²) in [5.41, 5.74) is -0.473. The van der Waals surface area contributed by atoms with E-state index in [1.807, 2.05) is 20.8 Å². The number of hydrogen-bond donors (Lipinski definition) is 2. The third kappa shape index (κ3) is 11.0. The number of ether oxygens (including phenoxy) is 3. The lowest BCUT2D eigenvalue weighted by atomic mass is 9.86. The molecule has 0 aliphatic heterocycles. The molecule has 0 aromatic heterocycles. The molecular weight excluding hydrogens is 324 g/mol. The van der Waals surface area contributed by atoms with E-state index in [-0.39, 0.29) is 18.0 Å². The maximum atomic E-state index is 11.8. The van der Waals surface area contributed by atoms with E-state index in [4.69, 9.17) is 14.2 Å². The summed E-state index contributed by atoms with van der Waals surface area (Å²) < 4.78 is 15.4. The SMILES string of the molecule is COCCOCCC(=O)NCC1CCC(NC(=O)OC(C)(C)C)CC1. The van der Waals surface area contributed by atoms with Crippen molar-refractivity contribution < 1.29 is 23.8 Å². The van der Waals surface area contributed by atoms with Gasteiger partial charge in [-0.3, -0.25) is 4.79 Å². The van der Waals surface area contributed by atoms with Crippen molar-refractivity contribution in [1.82, 2.24) is 10.6 Å². The second-order valence-electron chi connectivity index (χ2n) is 7.52. The van der Waals surface area contributed by atoms with Crippen molar-refractivity contribution >= 4 is 12.0 Å². The lowest BCUT2D eigenvalue weighted by Crippen LogP contribution is -2.42. The van der Waals surface area contributed by atoms with E-state index in [0.717, 1.165) is 25.7 Å². The van der Waals surface area contributed by atoms with Gasteiger partial charge < -0.3 is 24.8 Å². The second-order valence-corrected chi connectivity index (χ2v) is 7.52. The predicted octanol–water partition coefficient (Wildman–Crippen LogP) is 2.24. The maximum Gasteiger partial charge on any atom is 0.407 e. The van der Waals surface area contributed by atoms with Gasteiger partial charge in [0.25, 0.3) is 0 Å². The van der Waals surface area contributed by atoms with Crippen LogP contribution < -0.4 is 10.6 Å². The molecule has 0 atom stereocenters. The summed E-state index contributed by atoms with van der Waals surface area (Å²) >= 11 is 0. The number of hydrogen-bond acceptors (Lipinski definition) is 5. The molecule has 0 bridgehead atoms. The van der Waals surface area contributed by atoms with Crippen molar-refractivity contribution in [2.24, 2.45) is 5.92 Å². The van der Waals surface area contributed by atoms with E-state index in [1.165, 1.54) is 0 Å². The van der Waals surface area contributed by atoms with Crippen LogP contribution in [0, 0.1) is 5.92 Å². The Morgan fingerprint density at radius 3 is 2.32 bits per heavy atom. The second kappa shape index (κ2) is 11.3. The number of rotatable bonds is 9. The predicted molar refractivity (Wildman–Crippen MR) is 95.4 cm³/mol. The molecule has 1 fully saturated rings. The Morgan fingerprint density at radius 2 is 1.72 bits per heavy atom. The van der Waals surface area contributed by atoms with Gasteiger partial charge in [-0.2, -0.15) is 0 Å². The maximum absolute atomic E-state index is 11.8. The highest BCUT2D eigenvalue weighted by atomic mass is 16.6. The van der Waals surface area contributed by atoms with E-state index in [2.05, 4.69) is 10.6 Å².